The van der Waals surface area contributed by atoms with Gasteiger partial charge >= 0.3 is 0 Å². The first kappa shape index (κ1) is 9.45. The Kier molecular flexibility index (Phi) is 2.24. The number of aldehydes is 1. The van der Waals surface area contributed by atoms with Gasteiger partial charge < -0.3 is 0 Å². The molecule has 76 valence electrons. The molecule has 0 atom stereocenters. The molecule has 1 heterocycles. The molecular formula is C9H5F2N3O. The molecule has 1 aromatic heterocycles. The van der Waals surface area contributed by atoms with Crippen molar-refractivity contribution < 1.29 is 13.6 Å². The van der Waals surface area contributed by atoms with Crippen molar-refractivity contribution >= 4 is 6.29 Å². The summed E-state index contributed by atoms with van der Waals surface area (Å²) in [6, 6.07) is 2.03. The number of aromatic nitrogens is 3. The lowest BCUT2D eigenvalue weighted by Gasteiger charge is -2.02. The molecular weight excluding hydrogens is 204 g/mol. The zero-order chi connectivity index (χ0) is 10.8. The van der Waals surface area contributed by atoms with Crippen LogP contribution < -0.4 is 0 Å². The molecule has 0 saturated heterocycles. The normalized spacial score (nSPS) is 10.3. The molecule has 0 fully saturated rings. The lowest BCUT2D eigenvalue weighted by molar-refractivity contribution is 0.111. The molecule has 0 bridgehead atoms. The van der Waals surface area contributed by atoms with E-state index in [2.05, 4.69) is 10.3 Å². The summed E-state index contributed by atoms with van der Waals surface area (Å²) in [5.74, 6) is -1.84. The molecule has 15 heavy (non-hydrogen) atoms. The Morgan fingerprint density at radius 3 is 2.40 bits per heavy atom. The van der Waals surface area contributed by atoms with Crippen molar-refractivity contribution in [3.05, 3.63) is 41.7 Å². The molecule has 2 aromatic rings. The quantitative estimate of drug-likeness (QED) is 0.701. The molecule has 1 aromatic carbocycles. The fourth-order valence-corrected chi connectivity index (χ4v) is 1.16. The van der Waals surface area contributed by atoms with Crippen LogP contribution in [0.4, 0.5) is 8.78 Å². The van der Waals surface area contributed by atoms with Crippen molar-refractivity contribution in [3.8, 4) is 5.69 Å². The van der Waals surface area contributed by atoms with Crippen LogP contribution in [0.15, 0.2) is 24.5 Å². The third kappa shape index (κ3) is 1.61. The highest BCUT2D eigenvalue weighted by atomic mass is 19.1. The van der Waals surface area contributed by atoms with Crippen molar-refractivity contribution in [1.82, 2.24) is 15.0 Å². The Morgan fingerprint density at radius 1 is 1.27 bits per heavy atom. The van der Waals surface area contributed by atoms with E-state index in [9.17, 15) is 13.6 Å². The third-order valence-corrected chi connectivity index (χ3v) is 1.87. The van der Waals surface area contributed by atoms with Crippen LogP contribution in [-0.4, -0.2) is 21.3 Å². The second kappa shape index (κ2) is 3.56. The first-order valence-corrected chi connectivity index (χ1v) is 4.03. The number of nitrogens with zero attached hydrogens (tertiary/aromatic N) is 3. The average molecular weight is 209 g/mol. The van der Waals surface area contributed by atoms with Crippen molar-refractivity contribution in [2.45, 2.75) is 0 Å². The van der Waals surface area contributed by atoms with Gasteiger partial charge in [-0.2, -0.15) is 0 Å². The second-order valence-electron chi connectivity index (χ2n) is 2.79. The molecule has 0 amide bonds. The van der Waals surface area contributed by atoms with Crippen molar-refractivity contribution in [1.29, 1.82) is 0 Å². The predicted octanol–water partition coefficient (Wildman–Crippen LogP) is 1.36. The van der Waals surface area contributed by atoms with Crippen LogP contribution in [0, 0.1) is 11.6 Å². The third-order valence-electron chi connectivity index (χ3n) is 1.87. The molecule has 6 heteroatoms. The minimum atomic E-state index is -0.921. The average Bonchev–Trinajstić information content (AvgIpc) is 2.69. The molecule has 0 spiro atoms. The highest BCUT2D eigenvalue weighted by Gasteiger charge is 2.11. The van der Waals surface area contributed by atoms with Gasteiger partial charge in [-0.3, -0.25) is 4.79 Å². The number of rotatable bonds is 2. The number of benzene rings is 1. The molecule has 0 aliphatic rings. The van der Waals surface area contributed by atoms with Gasteiger partial charge in [0.2, 0.25) is 0 Å². The first-order valence-electron chi connectivity index (χ1n) is 4.03. The summed E-state index contributed by atoms with van der Waals surface area (Å²) in [4.78, 5) is 10.3. The van der Waals surface area contributed by atoms with Gasteiger partial charge in [0.05, 0.1) is 23.6 Å². The highest BCUT2D eigenvalue weighted by Crippen LogP contribution is 2.15. The van der Waals surface area contributed by atoms with E-state index in [1.54, 1.807) is 0 Å². The van der Waals surface area contributed by atoms with Gasteiger partial charge in [0.15, 0.2) is 6.29 Å². The summed E-state index contributed by atoms with van der Waals surface area (Å²) in [7, 11) is 0. The van der Waals surface area contributed by atoms with Crippen LogP contribution >= 0.6 is 0 Å². The van der Waals surface area contributed by atoms with Crippen LogP contribution in [0.1, 0.15) is 10.4 Å². The number of carbonyl (C=O) groups excluding carboxylic acids is 1. The minimum absolute atomic E-state index is 0.135. The molecule has 0 aliphatic heterocycles. The van der Waals surface area contributed by atoms with E-state index in [1.807, 2.05) is 0 Å². The number of halogens is 2. The second-order valence-corrected chi connectivity index (χ2v) is 2.79. The minimum Gasteiger partial charge on any atom is -0.298 e. The SMILES string of the molecule is O=Cc1c(F)cc(-n2ccnn2)cc1F. The maximum atomic E-state index is 13.2. The van der Waals surface area contributed by atoms with E-state index in [-0.39, 0.29) is 12.0 Å². The molecule has 0 saturated carbocycles. The topological polar surface area (TPSA) is 47.8 Å². The van der Waals surface area contributed by atoms with Crippen molar-refractivity contribution in [2.75, 3.05) is 0 Å². The van der Waals surface area contributed by atoms with Gasteiger partial charge in [0.25, 0.3) is 0 Å². The molecule has 2 rings (SSSR count). The first-order chi connectivity index (χ1) is 7.22. The van der Waals surface area contributed by atoms with Crippen LogP contribution in [0.2, 0.25) is 0 Å². The lowest BCUT2D eigenvalue weighted by Crippen LogP contribution is -2.01. The van der Waals surface area contributed by atoms with Gasteiger partial charge in [0.1, 0.15) is 11.6 Å². The molecule has 4 nitrogen and oxygen atoms in total. The Hall–Kier alpha value is -2.11. The zero-order valence-electron chi connectivity index (χ0n) is 7.39. The van der Waals surface area contributed by atoms with E-state index >= 15 is 0 Å². The summed E-state index contributed by atoms with van der Waals surface area (Å²) >= 11 is 0. The van der Waals surface area contributed by atoms with Crippen LogP contribution in [0.3, 0.4) is 0 Å². The van der Waals surface area contributed by atoms with Crippen molar-refractivity contribution in [3.63, 3.8) is 0 Å². The van der Waals surface area contributed by atoms with Gasteiger partial charge in [-0.05, 0) is 0 Å². The standard InChI is InChI=1S/C9H5F2N3O/c10-8-3-6(14-2-1-12-13-14)4-9(11)7(8)5-15/h1-5H. The van der Waals surface area contributed by atoms with Gasteiger partial charge in [0, 0.05) is 12.1 Å². The zero-order valence-corrected chi connectivity index (χ0v) is 7.39. The summed E-state index contributed by atoms with van der Waals surface area (Å²) in [5.41, 5.74) is -0.410. The van der Waals surface area contributed by atoms with Crippen LogP contribution in [0.5, 0.6) is 0 Å². The smallest absolute Gasteiger partial charge is 0.155 e. The Morgan fingerprint density at radius 2 is 1.93 bits per heavy atom. The van der Waals surface area contributed by atoms with Crippen LogP contribution in [0.25, 0.3) is 5.69 Å². The van der Waals surface area contributed by atoms with Gasteiger partial charge in [-0.25, -0.2) is 13.5 Å². The number of carbonyl (C=O) groups is 1. The Bertz CT molecular complexity index is 473. The summed E-state index contributed by atoms with van der Waals surface area (Å²) in [6.45, 7) is 0. The van der Waals surface area contributed by atoms with Gasteiger partial charge in [-0.15, -0.1) is 5.10 Å². The van der Waals surface area contributed by atoms with E-state index in [0.29, 0.717) is 0 Å². The molecule has 0 unspecified atom stereocenters. The molecule has 0 aliphatic carbocycles. The summed E-state index contributed by atoms with van der Waals surface area (Å²) < 4.78 is 27.5. The lowest BCUT2D eigenvalue weighted by atomic mass is 10.2. The Balaban J connectivity index is 2.58. The Labute approximate surface area is 83.1 Å². The fourth-order valence-electron chi connectivity index (χ4n) is 1.16. The maximum absolute atomic E-state index is 13.2. The summed E-state index contributed by atoms with van der Waals surface area (Å²) in [5, 5.41) is 7.07. The van der Waals surface area contributed by atoms with E-state index in [1.165, 1.54) is 17.1 Å². The van der Waals surface area contributed by atoms with Crippen molar-refractivity contribution in [2.24, 2.45) is 0 Å². The predicted molar refractivity (Wildman–Crippen MR) is 46.7 cm³/mol. The monoisotopic (exact) mass is 209 g/mol. The largest absolute Gasteiger partial charge is 0.298 e. The fraction of sp³-hybridized carbons (Fsp3) is 0. The van der Waals surface area contributed by atoms with E-state index in [0.717, 1.165) is 12.1 Å². The number of hydrogen-bond acceptors (Lipinski definition) is 3. The van der Waals surface area contributed by atoms with E-state index in [4.69, 9.17) is 0 Å². The van der Waals surface area contributed by atoms with Crippen LogP contribution in [-0.2, 0) is 0 Å². The highest BCUT2D eigenvalue weighted by molar-refractivity contribution is 5.76. The maximum Gasteiger partial charge on any atom is 0.155 e. The number of hydrogen-bond donors (Lipinski definition) is 0. The molecule has 0 radical (unpaired) electrons. The summed E-state index contributed by atoms with van der Waals surface area (Å²) in [6.07, 6.45) is 2.95. The van der Waals surface area contributed by atoms with Gasteiger partial charge in [-0.1, -0.05) is 5.21 Å². The van der Waals surface area contributed by atoms with E-state index < -0.39 is 17.2 Å². The molecule has 0 N–H and O–H groups in total.